The SMILES string of the molecule is COc1cc(-c2cc(CN3CCN(Cc4cc(-c5cc(OC)c(OC)c(OC)c5)n[nH]4)CC3)[nH]n2)cc(OC)c1OC. The van der Waals surface area contributed by atoms with Gasteiger partial charge in [0, 0.05) is 61.8 Å². The highest BCUT2D eigenvalue weighted by Crippen LogP contribution is 2.42. The first kappa shape index (κ1) is 29.1. The van der Waals surface area contributed by atoms with Gasteiger partial charge in [-0.05, 0) is 36.4 Å². The summed E-state index contributed by atoms with van der Waals surface area (Å²) < 4.78 is 32.9. The second kappa shape index (κ2) is 13.0. The molecule has 1 fully saturated rings. The summed E-state index contributed by atoms with van der Waals surface area (Å²) in [6.45, 7) is 5.39. The number of aromatic amines is 2. The Morgan fingerprint density at radius 3 is 1.14 bits per heavy atom. The maximum absolute atomic E-state index is 5.50. The zero-order chi connectivity index (χ0) is 29.6. The van der Waals surface area contributed by atoms with Crippen LogP contribution in [0.4, 0.5) is 0 Å². The van der Waals surface area contributed by atoms with E-state index in [4.69, 9.17) is 28.4 Å². The zero-order valence-electron chi connectivity index (χ0n) is 24.9. The van der Waals surface area contributed by atoms with Gasteiger partial charge in [-0.25, -0.2) is 0 Å². The Labute approximate surface area is 245 Å². The summed E-state index contributed by atoms with van der Waals surface area (Å²) in [6, 6.07) is 11.8. The lowest BCUT2D eigenvalue weighted by Gasteiger charge is -2.34. The van der Waals surface area contributed by atoms with E-state index in [9.17, 15) is 0 Å². The molecular formula is C30H38N6O6. The van der Waals surface area contributed by atoms with E-state index in [0.29, 0.717) is 34.5 Å². The number of benzene rings is 2. The third-order valence-corrected chi connectivity index (χ3v) is 7.44. The molecular weight excluding hydrogens is 540 g/mol. The van der Waals surface area contributed by atoms with Crippen molar-refractivity contribution in [3.8, 4) is 57.0 Å². The van der Waals surface area contributed by atoms with Crippen molar-refractivity contribution in [3.05, 3.63) is 47.8 Å². The molecule has 2 aromatic heterocycles. The van der Waals surface area contributed by atoms with Crippen LogP contribution in [-0.4, -0.2) is 99.0 Å². The number of ether oxygens (including phenoxy) is 6. The Bertz CT molecular complexity index is 1330. The molecule has 0 aliphatic carbocycles. The van der Waals surface area contributed by atoms with Gasteiger partial charge in [-0.1, -0.05) is 0 Å². The van der Waals surface area contributed by atoms with Crippen LogP contribution in [0.2, 0.25) is 0 Å². The van der Waals surface area contributed by atoms with Gasteiger partial charge in [0.15, 0.2) is 23.0 Å². The molecule has 1 aliphatic heterocycles. The fraction of sp³-hybridized carbons (Fsp3) is 0.400. The lowest BCUT2D eigenvalue weighted by atomic mass is 10.1. The van der Waals surface area contributed by atoms with Crippen molar-refractivity contribution in [2.45, 2.75) is 13.1 Å². The average Bonchev–Trinajstić information content (AvgIpc) is 3.70. The molecule has 0 bridgehead atoms. The topological polar surface area (TPSA) is 119 Å². The van der Waals surface area contributed by atoms with Gasteiger partial charge in [0.1, 0.15) is 0 Å². The number of methoxy groups -OCH3 is 6. The number of hydrogen-bond acceptors (Lipinski definition) is 10. The van der Waals surface area contributed by atoms with E-state index in [-0.39, 0.29) is 0 Å². The summed E-state index contributed by atoms with van der Waals surface area (Å²) in [5.74, 6) is 3.51. The van der Waals surface area contributed by atoms with E-state index >= 15 is 0 Å². The van der Waals surface area contributed by atoms with E-state index in [1.165, 1.54) is 0 Å². The first-order chi connectivity index (χ1) is 20.5. The van der Waals surface area contributed by atoms with Gasteiger partial charge in [0.25, 0.3) is 0 Å². The predicted octanol–water partition coefficient (Wildman–Crippen LogP) is 3.84. The summed E-state index contributed by atoms with van der Waals surface area (Å²) in [4.78, 5) is 4.86. The van der Waals surface area contributed by atoms with Crippen LogP contribution in [0.15, 0.2) is 36.4 Å². The van der Waals surface area contributed by atoms with Crippen LogP contribution >= 0.6 is 0 Å². The minimum absolute atomic E-state index is 0.560. The summed E-state index contributed by atoms with van der Waals surface area (Å²) in [7, 11) is 9.62. The average molecular weight is 579 g/mol. The van der Waals surface area contributed by atoms with E-state index in [2.05, 4.69) is 42.3 Å². The quantitative estimate of drug-likeness (QED) is 0.257. The number of aromatic nitrogens is 4. The van der Waals surface area contributed by atoms with Crippen LogP contribution in [0, 0.1) is 0 Å². The third kappa shape index (κ3) is 6.09. The fourth-order valence-electron chi connectivity index (χ4n) is 5.23. The maximum Gasteiger partial charge on any atom is 0.203 e. The molecule has 42 heavy (non-hydrogen) atoms. The molecule has 5 rings (SSSR count). The van der Waals surface area contributed by atoms with Crippen molar-refractivity contribution in [1.82, 2.24) is 30.2 Å². The first-order valence-electron chi connectivity index (χ1n) is 13.6. The number of nitrogens with zero attached hydrogens (tertiary/aromatic N) is 4. The van der Waals surface area contributed by atoms with Crippen molar-refractivity contribution in [2.24, 2.45) is 0 Å². The lowest BCUT2D eigenvalue weighted by Crippen LogP contribution is -2.45. The number of hydrogen-bond donors (Lipinski definition) is 2. The standard InChI is InChI=1S/C30H38N6O6/c1-37-25-11-19(12-26(38-2)29(25)41-5)23-15-21(31-33-23)17-35-7-9-36(10-8-35)18-22-16-24(34-32-22)20-13-27(39-3)30(42-6)28(14-20)40-4/h11-16H,7-10,17-18H2,1-6H3,(H,31,33)(H,32,34). The fourth-order valence-corrected chi connectivity index (χ4v) is 5.23. The molecule has 4 aromatic rings. The molecule has 2 N–H and O–H groups in total. The predicted molar refractivity (Wildman–Crippen MR) is 158 cm³/mol. The summed E-state index contributed by atoms with van der Waals surface area (Å²) in [6.07, 6.45) is 0. The zero-order valence-corrected chi connectivity index (χ0v) is 24.9. The molecule has 0 radical (unpaired) electrons. The van der Waals surface area contributed by atoms with Crippen LogP contribution in [-0.2, 0) is 13.1 Å². The van der Waals surface area contributed by atoms with Gasteiger partial charge >= 0.3 is 0 Å². The van der Waals surface area contributed by atoms with E-state index in [1.807, 2.05) is 24.3 Å². The normalized spacial score (nSPS) is 14.0. The number of rotatable bonds is 12. The molecule has 3 heterocycles. The lowest BCUT2D eigenvalue weighted by molar-refractivity contribution is 0.120. The smallest absolute Gasteiger partial charge is 0.203 e. The van der Waals surface area contributed by atoms with Crippen LogP contribution in [0.3, 0.4) is 0 Å². The Morgan fingerprint density at radius 2 is 0.857 bits per heavy atom. The molecule has 0 atom stereocenters. The molecule has 0 unspecified atom stereocenters. The third-order valence-electron chi connectivity index (χ3n) is 7.44. The van der Waals surface area contributed by atoms with E-state index in [1.54, 1.807) is 42.7 Å². The van der Waals surface area contributed by atoms with E-state index < -0.39 is 0 Å². The molecule has 2 aromatic carbocycles. The van der Waals surface area contributed by atoms with Gasteiger partial charge in [-0.2, -0.15) is 10.2 Å². The maximum atomic E-state index is 5.50. The van der Waals surface area contributed by atoms with Crippen LogP contribution in [0.1, 0.15) is 11.4 Å². The van der Waals surface area contributed by atoms with Crippen molar-refractivity contribution in [2.75, 3.05) is 68.8 Å². The molecule has 224 valence electrons. The number of piperazine rings is 1. The number of H-pyrrole nitrogens is 2. The highest BCUT2D eigenvalue weighted by Gasteiger charge is 2.21. The molecule has 0 amide bonds. The van der Waals surface area contributed by atoms with Gasteiger partial charge < -0.3 is 28.4 Å². The minimum Gasteiger partial charge on any atom is -0.493 e. The molecule has 0 spiro atoms. The van der Waals surface area contributed by atoms with Crippen LogP contribution in [0.5, 0.6) is 34.5 Å². The summed E-state index contributed by atoms with van der Waals surface area (Å²) >= 11 is 0. The second-order valence-electron chi connectivity index (χ2n) is 9.94. The highest BCUT2D eigenvalue weighted by atomic mass is 16.5. The molecule has 12 heteroatoms. The van der Waals surface area contributed by atoms with Gasteiger partial charge in [-0.15, -0.1) is 0 Å². The second-order valence-corrected chi connectivity index (χ2v) is 9.94. The van der Waals surface area contributed by atoms with Crippen LogP contribution < -0.4 is 28.4 Å². The van der Waals surface area contributed by atoms with Crippen molar-refractivity contribution in [3.63, 3.8) is 0 Å². The molecule has 1 aliphatic rings. The van der Waals surface area contributed by atoms with Gasteiger partial charge in [0.2, 0.25) is 11.5 Å². The Balaban J connectivity index is 1.18. The highest BCUT2D eigenvalue weighted by molar-refractivity contribution is 5.69. The van der Waals surface area contributed by atoms with Crippen molar-refractivity contribution < 1.29 is 28.4 Å². The van der Waals surface area contributed by atoms with Gasteiger partial charge in [-0.3, -0.25) is 20.0 Å². The molecule has 1 saturated heterocycles. The minimum atomic E-state index is 0.560. The van der Waals surface area contributed by atoms with E-state index in [0.717, 1.165) is 73.2 Å². The number of nitrogens with one attached hydrogen (secondary N) is 2. The Kier molecular flexibility index (Phi) is 9.03. The van der Waals surface area contributed by atoms with Crippen LogP contribution in [0.25, 0.3) is 22.5 Å². The Morgan fingerprint density at radius 1 is 0.524 bits per heavy atom. The van der Waals surface area contributed by atoms with Gasteiger partial charge in [0.05, 0.1) is 54.0 Å². The summed E-state index contributed by atoms with van der Waals surface area (Å²) in [5.41, 5.74) is 5.53. The van der Waals surface area contributed by atoms with Crippen molar-refractivity contribution >= 4 is 0 Å². The monoisotopic (exact) mass is 578 g/mol. The molecule has 0 saturated carbocycles. The van der Waals surface area contributed by atoms with Crippen molar-refractivity contribution in [1.29, 1.82) is 0 Å². The summed E-state index contributed by atoms with van der Waals surface area (Å²) in [5, 5.41) is 15.5. The molecule has 12 nitrogen and oxygen atoms in total. The largest absolute Gasteiger partial charge is 0.493 e. The Hall–Kier alpha value is -4.42. The first-order valence-corrected chi connectivity index (χ1v) is 13.6.